The molecule has 0 aromatic heterocycles. The standard InChI is InChI=1S/C16H14Cl2O2/c17-15-9-3-1-7(5-9)11(15)13(19)16(18)10-4-2-8(6-10)12(16)14(15)20/h1-4,7-12H,5-6H2/t7-,8-,9-,10-,11-,12+,15+,16-/m0/s1. The highest BCUT2D eigenvalue weighted by Crippen LogP contribution is 2.67. The molecule has 0 radical (unpaired) electrons. The third kappa shape index (κ3) is 0.972. The zero-order valence-corrected chi connectivity index (χ0v) is 12.3. The van der Waals surface area contributed by atoms with Crippen molar-refractivity contribution in [3.05, 3.63) is 24.3 Å². The van der Waals surface area contributed by atoms with Crippen molar-refractivity contribution in [2.75, 3.05) is 0 Å². The van der Waals surface area contributed by atoms with E-state index in [2.05, 4.69) is 12.2 Å². The van der Waals surface area contributed by atoms with E-state index < -0.39 is 21.6 Å². The maximum absolute atomic E-state index is 13.1. The summed E-state index contributed by atoms with van der Waals surface area (Å²) in [5, 5.41) is 0. The molecule has 0 aromatic carbocycles. The molecule has 0 aromatic rings. The summed E-state index contributed by atoms with van der Waals surface area (Å²) in [6, 6.07) is 0. The van der Waals surface area contributed by atoms with Gasteiger partial charge in [0, 0.05) is 11.8 Å². The molecular formula is C16H14Cl2O2. The van der Waals surface area contributed by atoms with Crippen LogP contribution in [0.25, 0.3) is 0 Å². The van der Waals surface area contributed by atoms with Crippen LogP contribution in [0.3, 0.4) is 0 Å². The van der Waals surface area contributed by atoms with E-state index in [0.29, 0.717) is 0 Å². The van der Waals surface area contributed by atoms with Crippen LogP contribution in [0.1, 0.15) is 12.8 Å². The lowest BCUT2D eigenvalue weighted by Crippen LogP contribution is -2.65. The van der Waals surface area contributed by atoms with Gasteiger partial charge in [-0.05, 0) is 24.7 Å². The highest BCUT2D eigenvalue weighted by Gasteiger charge is 2.76. The molecule has 0 saturated heterocycles. The third-order valence-electron chi connectivity index (χ3n) is 6.39. The van der Waals surface area contributed by atoms with Gasteiger partial charge >= 0.3 is 0 Å². The second-order valence-corrected chi connectivity index (χ2v) is 8.25. The van der Waals surface area contributed by atoms with Crippen LogP contribution in [0.2, 0.25) is 0 Å². The molecule has 0 unspecified atom stereocenters. The van der Waals surface area contributed by atoms with Crippen LogP contribution in [0.4, 0.5) is 0 Å². The molecule has 8 atom stereocenters. The highest BCUT2D eigenvalue weighted by molar-refractivity contribution is 6.46. The molecule has 5 aliphatic rings. The summed E-state index contributed by atoms with van der Waals surface area (Å²) in [7, 11) is 0. The molecule has 20 heavy (non-hydrogen) atoms. The van der Waals surface area contributed by atoms with Gasteiger partial charge in [-0.3, -0.25) is 9.59 Å². The Bertz CT molecular complexity index is 570. The second kappa shape index (κ2) is 3.25. The first kappa shape index (κ1) is 12.0. The number of ketones is 2. The Labute approximate surface area is 127 Å². The summed E-state index contributed by atoms with van der Waals surface area (Å²) in [6.45, 7) is 0. The highest BCUT2D eigenvalue weighted by atomic mass is 35.5. The summed E-state index contributed by atoms with van der Waals surface area (Å²) in [5.41, 5.74) is 0. The maximum Gasteiger partial charge on any atom is 0.161 e. The minimum absolute atomic E-state index is 0.0138. The minimum atomic E-state index is -1.02. The molecule has 0 aliphatic heterocycles. The monoisotopic (exact) mass is 308 g/mol. The van der Waals surface area contributed by atoms with Gasteiger partial charge in [0.1, 0.15) is 9.75 Å². The summed E-state index contributed by atoms with van der Waals surface area (Å²) < 4.78 is 0. The van der Waals surface area contributed by atoms with Crippen molar-refractivity contribution >= 4 is 34.8 Å². The van der Waals surface area contributed by atoms with Crippen molar-refractivity contribution < 1.29 is 9.59 Å². The number of allylic oxidation sites excluding steroid dienone is 4. The molecule has 0 amide bonds. The van der Waals surface area contributed by atoms with Gasteiger partial charge in [0.2, 0.25) is 0 Å². The van der Waals surface area contributed by atoms with Crippen molar-refractivity contribution in [2.45, 2.75) is 22.6 Å². The number of rotatable bonds is 0. The van der Waals surface area contributed by atoms with Gasteiger partial charge in [0.15, 0.2) is 11.6 Å². The molecule has 4 bridgehead atoms. The zero-order chi connectivity index (χ0) is 13.9. The second-order valence-electron chi connectivity index (χ2n) is 7.00. The fraction of sp³-hybridized carbons (Fsp3) is 0.625. The quantitative estimate of drug-likeness (QED) is 0.509. The van der Waals surface area contributed by atoms with Crippen LogP contribution >= 0.6 is 23.2 Å². The Morgan fingerprint density at radius 2 is 1.20 bits per heavy atom. The van der Waals surface area contributed by atoms with E-state index >= 15 is 0 Å². The molecule has 5 rings (SSSR count). The number of carbonyl (C=O) groups is 2. The molecule has 3 fully saturated rings. The van der Waals surface area contributed by atoms with Gasteiger partial charge in [0.25, 0.3) is 0 Å². The summed E-state index contributed by atoms with van der Waals surface area (Å²) in [4.78, 5) is 24.2. The van der Waals surface area contributed by atoms with Gasteiger partial charge in [-0.1, -0.05) is 24.3 Å². The number of halogens is 2. The van der Waals surface area contributed by atoms with Crippen molar-refractivity contribution in [3.8, 4) is 0 Å². The summed E-state index contributed by atoms with van der Waals surface area (Å²) in [5.74, 6) is -0.511. The molecule has 104 valence electrons. The average molecular weight is 309 g/mol. The van der Waals surface area contributed by atoms with E-state index in [0.717, 1.165) is 12.8 Å². The van der Waals surface area contributed by atoms with E-state index in [-0.39, 0.29) is 35.2 Å². The van der Waals surface area contributed by atoms with Gasteiger partial charge in [0.05, 0.1) is 11.8 Å². The van der Waals surface area contributed by atoms with E-state index in [1.165, 1.54) is 0 Å². The maximum atomic E-state index is 13.1. The summed E-state index contributed by atoms with van der Waals surface area (Å²) >= 11 is 13.6. The first-order chi connectivity index (χ1) is 9.49. The van der Waals surface area contributed by atoms with Gasteiger partial charge < -0.3 is 0 Å². The van der Waals surface area contributed by atoms with Gasteiger partial charge in [-0.2, -0.15) is 0 Å². The average Bonchev–Trinajstić information content (AvgIpc) is 3.14. The van der Waals surface area contributed by atoms with Crippen LogP contribution in [0.5, 0.6) is 0 Å². The van der Waals surface area contributed by atoms with Crippen LogP contribution in [-0.4, -0.2) is 21.3 Å². The molecular weight excluding hydrogens is 295 g/mol. The lowest BCUT2D eigenvalue weighted by molar-refractivity contribution is -0.144. The Morgan fingerprint density at radius 3 is 1.60 bits per heavy atom. The van der Waals surface area contributed by atoms with Crippen molar-refractivity contribution in [1.29, 1.82) is 0 Å². The number of Topliss-reactive ketones (excluding diaryl/α,β-unsaturated/α-hetero) is 2. The number of alkyl halides is 2. The first-order valence-electron chi connectivity index (χ1n) is 7.32. The van der Waals surface area contributed by atoms with E-state index in [1.807, 2.05) is 12.2 Å². The lowest BCUT2D eigenvalue weighted by Gasteiger charge is -2.49. The fourth-order valence-electron chi connectivity index (χ4n) is 5.58. The molecule has 0 N–H and O–H groups in total. The van der Waals surface area contributed by atoms with E-state index in [1.54, 1.807) is 0 Å². The van der Waals surface area contributed by atoms with Gasteiger partial charge in [-0.15, -0.1) is 23.2 Å². The zero-order valence-electron chi connectivity index (χ0n) is 10.8. The largest absolute Gasteiger partial charge is 0.297 e. The summed E-state index contributed by atoms with van der Waals surface area (Å²) in [6.07, 6.45) is 9.84. The molecule has 4 heteroatoms. The van der Waals surface area contributed by atoms with Crippen molar-refractivity contribution in [2.24, 2.45) is 35.5 Å². The Balaban J connectivity index is 1.74. The third-order valence-corrected chi connectivity index (χ3v) is 7.80. The number of hydrogen-bond donors (Lipinski definition) is 0. The predicted molar refractivity (Wildman–Crippen MR) is 75.6 cm³/mol. The minimum Gasteiger partial charge on any atom is -0.297 e. The molecule has 3 saturated carbocycles. The Hall–Kier alpha value is -0.600. The lowest BCUT2D eigenvalue weighted by atomic mass is 9.59. The van der Waals surface area contributed by atoms with Gasteiger partial charge in [-0.25, -0.2) is 0 Å². The predicted octanol–water partition coefficient (Wildman–Crippen LogP) is 2.74. The van der Waals surface area contributed by atoms with E-state index in [4.69, 9.17) is 23.2 Å². The first-order valence-corrected chi connectivity index (χ1v) is 8.07. The Morgan fingerprint density at radius 1 is 0.800 bits per heavy atom. The van der Waals surface area contributed by atoms with Crippen LogP contribution in [0, 0.1) is 35.5 Å². The normalized spacial score (nSPS) is 61.3. The fourth-order valence-corrected chi connectivity index (χ4v) is 6.66. The van der Waals surface area contributed by atoms with E-state index in [9.17, 15) is 9.59 Å². The van der Waals surface area contributed by atoms with Crippen LogP contribution in [-0.2, 0) is 9.59 Å². The molecule has 0 heterocycles. The molecule has 2 nitrogen and oxygen atoms in total. The SMILES string of the molecule is O=C1[C@H]2[C@H]3C=C[C@@H](C3)[C@@]2(Cl)C(=O)[C@@H]2[C@H]3C=C[C@@H](C3)[C@]12Cl. The number of fused-ring (bicyclic) bond motifs is 10. The van der Waals surface area contributed by atoms with Crippen LogP contribution < -0.4 is 0 Å². The topological polar surface area (TPSA) is 34.1 Å². The Kier molecular flexibility index (Phi) is 1.95. The number of carbonyl (C=O) groups excluding carboxylic acids is 2. The van der Waals surface area contributed by atoms with Crippen molar-refractivity contribution in [1.82, 2.24) is 0 Å². The molecule has 5 aliphatic carbocycles. The molecule has 0 spiro atoms. The van der Waals surface area contributed by atoms with Crippen LogP contribution in [0.15, 0.2) is 24.3 Å². The smallest absolute Gasteiger partial charge is 0.161 e. The van der Waals surface area contributed by atoms with Crippen molar-refractivity contribution in [3.63, 3.8) is 0 Å². The number of hydrogen-bond acceptors (Lipinski definition) is 2.